The van der Waals surface area contributed by atoms with Gasteiger partial charge in [0.15, 0.2) is 0 Å². The molecule has 1 aliphatic heterocycles. The van der Waals surface area contributed by atoms with Crippen molar-refractivity contribution < 1.29 is 9.53 Å². The smallest absolute Gasteiger partial charge is 0.220 e. The lowest BCUT2D eigenvalue weighted by atomic mass is 9.90. The number of hydrogen-bond acceptors (Lipinski definition) is 3. The van der Waals surface area contributed by atoms with Gasteiger partial charge < -0.3 is 10.5 Å². The maximum atomic E-state index is 11.3. The zero-order valence-electron chi connectivity index (χ0n) is 13.5. The number of ether oxygens (including phenoxy) is 1. The second-order valence-electron chi connectivity index (χ2n) is 6.40. The van der Waals surface area contributed by atoms with Gasteiger partial charge in [0.25, 0.3) is 0 Å². The number of hydrogen-bond donors (Lipinski definition) is 1. The van der Waals surface area contributed by atoms with Gasteiger partial charge >= 0.3 is 0 Å². The van der Waals surface area contributed by atoms with E-state index in [0.29, 0.717) is 0 Å². The molecule has 2 N–H and O–H groups in total. The first-order valence-corrected chi connectivity index (χ1v) is 8.52. The predicted octanol–water partition coefficient (Wildman–Crippen LogP) is 2.88. The van der Waals surface area contributed by atoms with Crippen molar-refractivity contribution in [3.05, 3.63) is 33.9 Å². The molecule has 124 valence electrons. The fraction of sp³-hybridized carbons (Fsp3) is 0.500. The Morgan fingerprint density at radius 1 is 1.35 bits per heavy atom. The normalized spacial score (nSPS) is 19.1. The van der Waals surface area contributed by atoms with E-state index in [9.17, 15) is 4.79 Å². The van der Waals surface area contributed by atoms with Gasteiger partial charge in [-0.1, -0.05) is 23.3 Å². The Balaban J connectivity index is 1.70. The van der Waals surface area contributed by atoms with E-state index in [1.165, 1.54) is 11.1 Å². The lowest BCUT2D eigenvalue weighted by Crippen LogP contribution is -2.39. The molecule has 1 aromatic carbocycles. The average Bonchev–Trinajstić information content (AvgIpc) is 2.56. The standard InChI is InChI=1S/C18H23ClN2O2/c1-23-17-5-4-16(19)15-10-12(2-3-14(15)17)11-21-8-6-13(7-9-21)18(20)22/h4-5,10,13H,2-3,6-9,11H2,1H3,(H2,20,22). The number of carbonyl (C=O) groups excluding carboxylic acids is 1. The van der Waals surface area contributed by atoms with Gasteiger partial charge in [-0.25, -0.2) is 0 Å². The molecule has 1 heterocycles. The molecule has 23 heavy (non-hydrogen) atoms. The van der Waals surface area contributed by atoms with Crippen molar-refractivity contribution in [3.8, 4) is 5.75 Å². The molecule has 3 rings (SSSR count). The number of fused-ring (bicyclic) bond motifs is 1. The number of carbonyl (C=O) groups is 1. The van der Waals surface area contributed by atoms with Crippen molar-refractivity contribution in [3.63, 3.8) is 0 Å². The predicted molar refractivity (Wildman–Crippen MR) is 92.7 cm³/mol. The Hall–Kier alpha value is -1.52. The highest BCUT2D eigenvalue weighted by molar-refractivity contribution is 6.32. The van der Waals surface area contributed by atoms with E-state index < -0.39 is 0 Å². The minimum absolute atomic E-state index is 0.0472. The molecule has 1 aliphatic carbocycles. The van der Waals surface area contributed by atoms with Crippen molar-refractivity contribution >= 4 is 23.6 Å². The highest BCUT2D eigenvalue weighted by Crippen LogP contribution is 2.36. The Labute approximate surface area is 142 Å². The number of piperidine rings is 1. The van der Waals surface area contributed by atoms with Crippen molar-refractivity contribution in [2.75, 3.05) is 26.7 Å². The van der Waals surface area contributed by atoms with Gasteiger partial charge in [-0.3, -0.25) is 9.69 Å². The highest BCUT2D eigenvalue weighted by Gasteiger charge is 2.24. The second kappa shape index (κ2) is 6.93. The van der Waals surface area contributed by atoms with Crippen LogP contribution in [0.5, 0.6) is 5.75 Å². The molecule has 1 amide bonds. The Kier molecular flexibility index (Phi) is 4.93. The number of benzene rings is 1. The van der Waals surface area contributed by atoms with Crippen LogP contribution in [0.4, 0.5) is 0 Å². The topological polar surface area (TPSA) is 55.6 Å². The van der Waals surface area contributed by atoms with Gasteiger partial charge in [0.2, 0.25) is 5.91 Å². The summed E-state index contributed by atoms with van der Waals surface area (Å²) in [4.78, 5) is 13.7. The fourth-order valence-corrected chi connectivity index (χ4v) is 3.80. The molecule has 0 saturated carbocycles. The quantitative estimate of drug-likeness (QED) is 0.921. The van der Waals surface area contributed by atoms with Gasteiger partial charge in [0, 0.05) is 23.0 Å². The van der Waals surface area contributed by atoms with Crippen LogP contribution in [-0.4, -0.2) is 37.6 Å². The summed E-state index contributed by atoms with van der Waals surface area (Å²) in [5, 5.41) is 0.783. The van der Waals surface area contributed by atoms with Gasteiger partial charge in [-0.15, -0.1) is 0 Å². The van der Waals surface area contributed by atoms with E-state index in [1.807, 2.05) is 12.1 Å². The summed E-state index contributed by atoms with van der Waals surface area (Å²) in [5.41, 5.74) is 9.09. The number of halogens is 1. The maximum Gasteiger partial charge on any atom is 0.220 e. The molecule has 0 atom stereocenters. The van der Waals surface area contributed by atoms with Crippen LogP contribution in [0.1, 0.15) is 30.4 Å². The number of likely N-dealkylation sites (tertiary alicyclic amines) is 1. The first-order valence-electron chi connectivity index (χ1n) is 8.15. The summed E-state index contributed by atoms with van der Waals surface area (Å²) in [7, 11) is 1.70. The zero-order valence-corrected chi connectivity index (χ0v) is 14.2. The van der Waals surface area contributed by atoms with E-state index in [2.05, 4.69) is 11.0 Å². The molecule has 0 aromatic heterocycles. The summed E-state index contributed by atoms with van der Waals surface area (Å²) in [6.07, 6.45) is 5.94. The van der Waals surface area contributed by atoms with E-state index >= 15 is 0 Å². The SMILES string of the molecule is COc1ccc(Cl)c2c1CCC(CN1CCC(C(N)=O)CC1)=C2. The Morgan fingerprint density at radius 2 is 2.09 bits per heavy atom. The monoisotopic (exact) mass is 334 g/mol. The van der Waals surface area contributed by atoms with Crippen LogP contribution in [-0.2, 0) is 11.2 Å². The molecule has 2 aliphatic rings. The highest BCUT2D eigenvalue weighted by atomic mass is 35.5. The first kappa shape index (κ1) is 16.3. The molecular weight excluding hydrogens is 312 g/mol. The molecule has 1 fully saturated rings. The van der Waals surface area contributed by atoms with Crippen LogP contribution in [0.25, 0.3) is 6.08 Å². The lowest BCUT2D eigenvalue weighted by Gasteiger charge is -2.32. The minimum Gasteiger partial charge on any atom is -0.496 e. The summed E-state index contributed by atoms with van der Waals surface area (Å²) in [6, 6.07) is 3.84. The number of primary amides is 1. The van der Waals surface area contributed by atoms with Crippen molar-refractivity contribution in [2.24, 2.45) is 11.7 Å². The summed E-state index contributed by atoms with van der Waals surface area (Å²) < 4.78 is 5.44. The maximum absolute atomic E-state index is 11.3. The second-order valence-corrected chi connectivity index (χ2v) is 6.80. The largest absolute Gasteiger partial charge is 0.496 e. The average molecular weight is 335 g/mol. The third kappa shape index (κ3) is 3.54. The minimum atomic E-state index is -0.158. The van der Waals surface area contributed by atoms with Crippen LogP contribution >= 0.6 is 11.6 Å². The Morgan fingerprint density at radius 3 is 2.74 bits per heavy atom. The molecule has 5 heteroatoms. The summed E-state index contributed by atoms with van der Waals surface area (Å²) in [5.74, 6) is 0.808. The molecule has 1 saturated heterocycles. The number of amides is 1. The van der Waals surface area contributed by atoms with Crippen molar-refractivity contribution in [1.82, 2.24) is 4.90 Å². The summed E-state index contributed by atoms with van der Waals surface area (Å²) >= 11 is 6.37. The zero-order chi connectivity index (χ0) is 16.4. The summed E-state index contributed by atoms with van der Waals surface area (Å²) in [6.45, 7) is 2.81. The third-order valence-corrected chi connectivity index (χ3v) is 5.27. The van der Waals surface area contributed by atoms with Crippen molar-refractivity contribution in [1.29, 1.82) is 0 Å². The molecule has 0 bridgehead atoms. The van der Waals surface area contributed by atoms with Crippen LogP contribution in [0.3, 0.4) is 0 Å². The van der Waals surface area contributed by atoms with Crippen LogP contribution in [0.15, 0.2) is 17.7 Å². The van der Waals surface area contributed by atoms with Gasteiger partial charge in [0.1, 0.15) is 5.75 Å². The number of rotatable bonds is 4. The van der Waals surface area contributed by atoms with E-state index in [0.717, 1.165) is 61.7 Å². The molecule has 0 unspecified atom stereocenters. The van der Waals surface area contributed by atoms with Crippen LogP contribution in [0, 0.1) is 5.92 Å². The van der Waals surface area contributed by atoms with E-state index in [-0.39, 0.29) is 11.8 Å². The van der Waals surface area contributed by atoms with E-state index in [4.69, 9.17) is 22.1 Å². The lowest BCUT2D eigenvalue weighted by molar-refractivity contribution is -0.123. The van der Waals surface area contributed by atoms with Crippen molar-refractivity contribution in [2.45, 2.75) is 25.7 Å². The van der Waals surface area contributed by atoms with Crippen LogP contribution in [0.2, 0.25) is 5.02 Å². The molecule has 0 radical (unpaired) electrons. The molecule has 0 spiro atoms. The molecular formula is C18H23ClN2O2. The molecule has 4 nitrogen and oxygen atoms in total. The van der Waals surface area contributed by atoms with Gasteiger partial charge in [-0.05, 0) is 56.5 Å². The Bertz CT molecular complexity index is 634. The molecule has 1 aromatic rings. The number of methoxy groups -OCH3 is 1. The third-order valence-electron chi connectivity index (χ3n) is 4.94. The first-order chi connectivity index (χ1) is 11.1. The van der Waals surface area contributed by atoms with Gasteiger partial charge in [-0.2, -0.15) is 0 Å². The number of nitrogens with two attached hydrogens (primary N) is 1. The number of nitrogens with zero attached hydrogens (tertiary/aromatic N) is 1. The van der Waals surface area contributed by atoms with Gasteiger partial charge in [0.05, 0.1) is 7.11 Å². The van der Waals surface area contributed by atoms with Crippen LogP contribution < -0.4 is 10.5 Å². The van der Waals surface area contributed by atoms with E-state index in [1.54, 1.807) is 7.11 Å². The fourth-order valence-electron chi connectivity index (χ4n) is 3.57.